The second kappa shape index (κ2) is 5.44. The average molecular weight is 368 g/mol. The molecule has 0 amide bonds. The molecule has 4 heteroatoms. The summed E-state index contributed by atoms with van der Waals surface area (Å²) in [6.07, 6.45) is 0. The fraction of sp³-hybridized carbons (Fsp3) is 0.0667. The van der Waals surface area contributed by atoms with E-state index >= 15 is 0 Å². The monoisotopic (exact) mass is 366 g/mol. The quantitative estimate of drug-likeness (QED) is 0.596. The standard InChI is InChI=1S/C15H10N.2ClH.Zr/c1-2-6-11-10(5-1)9-13-12-7-3-4-8-14(12)16-15(11)13;;;/h1-9,16H;2*1H;. The van der Waals surface area contributed by atoms with Crippen molar-refractivity contribution in [3.8, 4) is 11.3 Å². The number of rotatable bonds is 0. The number of halogens is 2. The fourth-order valence-corrected chi connectivity index (χ4v) is 4.16. The van der Waals surface area contributed by atoms with Gasteiger partial charge in [-0.1, -0.05) is 0 Å². The van der Waals surface area contributed by atoms with Crippen LogP contribution in [-0.4, -0.2) is 4.98 Å². The Morgan fingerprint density at radius 3 is 2.42 bits per heavy atom. The summed E-state index contributed by atoms with van der Waals surface area (Å²) in [5, 5.41) is 1.39. The number of hydrogen-bond acceptors (Lipinski definition) is 0. The molecule has 2 aromatic carbocycles. The Balaban J connectivity index is 0.000000667. The molecule has 0 bridgehead atoms. The van der Waals surface area contributed by atoms with Crippen LogP contribution in [0.1, 0.15) is 14.8 Å². The molecule has 0 spiro atoms. The van der Waals surface area contributed by atoms with Gasteiger partial charge >= 0.3 is 115 Å². The maximum absolute atomic E-state index is 3.58. The predicted octanol–water partition coefficient (Wildman–Crippen LogP) is 4.63. The van der Waals surface area contributed by atoms with Crippen molar-refractivity contribution >= 4 is 35.7 Å². The Kier molecular flexibility index (Phi) is 4.25. The maximum atomic E-state index is 3.58. The van der Waals surface area contributed by atoms with Crippen LogP contribution in [0.25, 0.3) is 22.2 Å². The number of hydrogen-bond donors (Lipinski definition) is 1. The Morgan fingerprint density at radius 1 is 0.895 bits per heavy atom. The van der Waals surface area contributed by atoms with Gasteiger partial charge in [0.05, 0.1) is 0 Å². The van der Waals surface area contributed by atoms with E-state index in [9.17, 15) is 0 Å². The van der Waals surface area contributed by atoms with Crippen LogP contribution < -0.4 is 0 Å². The zero-order chi connectivity index (χ0) is 11.4. The summed E-state index contributed by atoms with van der Waals surface area (Å²) in [4.78, 5) is 3.58. The molecule has 95 valence electrons. The molecular weight excluding hydrogens is 356 g/mol. The molecule has 1 N–H and O–H groups in total. The number of para-hydroxylation sites is 1. The minimum atomic E-state index is 0. The van der Waals surface area contributed by atoms with E-state index < -0.39 is 0 Å². The summed E-state index contributed by atoms with van der Waals surface area (Å²) < 4.78 is 0.588. The molecule has 19 heavy (non-hydrogen) atoms. The molecule has 1 nitrogen and oxygen atoms in total. The molecule has 1 heterocycles. The van der Waals surface area contributed by atoms with Crippen molar-refractivity contribution in [1.29, 1.82) is 0 Å². The van der Waals surface area contributed by atoms with E-state index in [1.54, 1.807) is 24.7 Å². The first-order valence-corrected chi connectivity index (χ1v) is 7.19. The predicted molar refractivity (Wildman–Crippen MR) is 80.1 cm³/mol. The first-order chi connectivity index (χ1) is 8.36. The van der Waals surface area contributed by atoms with Gasteiger partial charge in [-0.25, -0.2) is 0 Å². The van der Waals surface area contributed by atoms with Crippen molar-refractivity contribution in [2.45, 2.75) is 3.63 Å². The second-order valence-corrected chi connectivity index (χ2v) is 5.90. The fourth-order valence-electron chi connectivity index (χ4n) is 2.81. The topological polar surface area (TPSA) is 15.8 Å². The van der Waals surface area contributed by atoms with Crippen LogP contribution in [0.3, 0.4) is 0 Å². The van der Waals surface area contributed by atoms with Crippen LogP contribution in [0.5, 0.6) is 0 Å². The number of benzene rings is 2. The molecule has 0 saturated carbocycles. The van der Waals surface area contributed by atoms with Crippen LogP contribution in [0.2, 0.25) is 0 Å². The molecule has 0 radical (unpaired) electrons. The third kappa shape index (κ3) is 2.01. The van der Waals surface area contributed by atoms with Crippen molar-refractivity contribution in [3.63, 3.8) is 0 Å². The summed E-state index contributed by atoms with van der Waals surface area (Å²) in [6.45, 7) is 0. The summed E-state index contributed by atoms with van der Waals surface area (Å²) in [7, 11) is 0. The van der Waals surface area contributed by atoms with Gasteiger partial charge in [0.25, 0.3) is 0 Å². The van der Waals surface area contributed by atoms with Crippen LogP contribution in [0, 0.1) is 0 Å². The molecule has 1 aliphatic rings. The molecule has 0 fully saturated rings. The van der Waals surface area contributed by atoms with E-state index in [4.69, 9.17) is 0 Å². The van der Waals surface area contributed by atoms with Crippen LogP contribution >= 0.6 is 24.8 Å². The minimum absolute atomic E-state index is 0. The van der Waals surface area contributed by atoms with Crippen molar-refractivity contribution in [1.82, 2.24) is 4.98 Å². The number of nitrogens with one attached hydrogen (secondary N) is 1. The molecule has 1 atom stereocenters. The van der Waals surface area contributed by atoms with Gasteiger partial charge in [0.15, 0.2) is 0 Å². The van der Waals surface area contributed by atoms with Crippen molar-refractivity contribution in [2.75, 3.05) is 0 Å². The van der Waals surface area contributed by atoms with Crippen molar-refractivity contribution in [3.05, 3.63) is 59.7 Å². The number of aromatic amines is 1. The molecular formula is C15H12Cl2NZr. The number of aromatic nitrogens is 1. The Labute approximate surface area is 139 Å². The van der Waals surface area contributed by atoms with E-state index in [0.717, 1.165) is 0 Å². The molecule has 1 aromatic heterocycles. The van der Waals surface area contributed by atoms with Crippen LogP contribution in [0.4, 0.5) is 0 Å². The molecule has 0 saturated heterocycles. The summed E-state index contributed by atoms with van der Waals surface area (Å²) in [5.74, 6) is 0. The molecule has 3 aromatic rings. The van der Waals surface area contributed by atoms with Gasteiger partial charge in [-0.05, 0) is 0 Å². The summed E-state index contributed by atoms with van der Waals surface area (Å²) in [5.41, 5.74) is 6.97. The number of H-pyrrole nitrogens is 1. The number of fused-ring (bicyclic) bond motifs is 5. The normalized spacial score (nSPS) is 15.2. The van der Waals surface area contributed by atoms with Crippen molar-refractivity contribution in [2.24, 2.45) is 0 Å². The molecule has 0 aliphatic heterocycles. The Bertz CT molecular complexity index is 736. The van der Waals surface area contributed by atoms with Gasteiger partial charge in [-0.15, -0.1) is 24.8 Å². The summed E-state index contributed by atoms with van der Waals surface area (Å²) in [6, 6.07) is 17.4. The van der Waals surface area contributed by atoms with Gasteiger partial charge < -0.3 is 0 Å². The van der Waals surface area contributed by atoms with E-state index in [2.05, 4.69) is 53.5 Å². The van der Waals surface area contributed by atoms with Gasteiger partial charge in [0.1, 0.15) is 0 Å². The average Bonchev–Trinajstić information content (AvgIpc) is 2.88. The van der Waals surface area contributed by atoms with Crippen molar-refractivity contribution < 1.29 is 24.7 Å². The first-order valence-electron chi connectivity index (χ1n) is 5.77. The van der Waals surface area contributed by atoms with E-state index in [1.165, 1.54) is 33.3 Å². The van der Waals surface area contributed by atoms with Gasteiger partial charge in [0, 0.05) is 0 Å². The van der Waals surface area contributed by atoms with Gasteiger partial charge in [0.2, 0.25) is 0 Å². The van der Waals surface area contributed by atoms with Crippen LogP contribution in [-0.2, 0) is 24.7 Å². The first kappa shape index (κ1) is 14.8. The summed E-state index contributed by atoms with van der Waals surface area (Å²) >= 11 is 1.57. The SMILES string of the molecule is Cl.Cl.[Zr][CH]1c2ccccc2-c2[nH]c3ccccc3c21. The van der Waals surface area contributed by atoms with Gasteiger partial charge in [-0.2, -0.15) is 0 Å². The van der Waals surface area contributed by atoms with E-state index in [-0.39, 0.29) is 24.8 Å². The Morgan fingerprint density at radius 2 is 1.58 bits per heavy atom. The Hall–Kier alpha value is -0.557. The second-order valence-electron chi connectivity index (χ2n) is 4.48. The van der Waals surface area contributed by atoms with Crippen LogP contribution in [0.15, 0.2) is 48.5 Å². The zero-order valence-electron chi connectivity index (χ0n) is 10.0. The van der Waals surface area contributed by atoms with E-state index in [1.807, 2.05) is 0 Å². The third-order valence-electron chi connectivity index (χ3n) is 3.58. The molecule has 1 unspecified atom stereocenters. The molecule has 1 aliphatic carbocycles. The van der Waals surface area contributed by atoms with Gasteiger partial charge in [-0.3, -0.25) is 0 Å². The van der Waals surface area contributed by atoms with E-state index in [0.29, 0.717) is 3.63 Å². The third-order valence-corrected chi connectivity index (χ3v) is 5.05. The zero-order valence-corrected chi connectivity index (χ0v) is 14.1. The molecule has 4 rings (SSSR count).